The van der Waals surface area contributed by atoms with Crippen molar-refractivity contribution in [1.29, 1.82) is 0 Å². The van der Waals surface area contributed by atoms with Gasteiger partial charge >= 0.3 is 5.97 Å². The molecule has 0 aromatic heterocycles. The molecule has 0 unspecified atom stereocenters. The fourth-order valence-corrected chi connectivity index (χ4v) is 3.89. The largest absolute Gasteiger partial charge is 0.468 e. The lowest BCUT2D eigenvalue weighted by Gasteiger charge is -2.28. The summed E-state index contributed by atoms with van der Waals surface area (Å²) in [5.74, 6) is -2.47. The first-order valence-corrected chi connectivity index (χ1v) is 7.56. The molecule has 2 saturated heterocycles. The highest BCUT2D eigenvalue weighted by molar-refractivity contribution is 6.09. The van der Waals surface area contributed by atoms with E-state index in [9.17, 15) is 14.4 Å². The summed E-state index contributed by atoms with van der Waals surface area (Å²) in [6, 6.07) is 7.27. The zero-order valence-corrected chi connectivity index (χ0v) is 13.6. The fourth-order valence-electron chi connectivity index (χ4n) is 3.89. The lowest BCUT2D eigenvalue weighted by atomic mass is 9.80. The maximum Gasteiger partial charge on any atom is 0.326 e. The monoisotopic (exact) mass is 316 g/mol. The van der Waals surface area contributed by atoms with E-state index < -0.39 is 29.4 Å². The van der Waals surface area contributed by atoms with E-state index in [0.717, 1.165) is 16.0 Å². The number of carbonyl (C=O) groups excluding carboxylic acids is 3. The molecule has 23 heavy (non-hydrogen) atoms. The maximum atomic E-state index is 12.6. The van der Waals surface area contributed by atoms with Gasteiger partial charge in [0.05, 0.1) is 18.9 Å². The molecule has 0 bridgehead atoms. The van der Waals surface area contributed by atoms with E-state index in [-0.39, 0.29) is 11.8 Å². The number of fused-ring (bicyclic) bond motifs is 1. The zero-order valence-electron chi connectivity index (χ0n) is 13.6. The van der Waals surface area contributed by atoms with Crippen molar-refractivity contribution >= 4 is 17.8 Å². The molecule has 1 N–H and O–H groups in total. The number of likely N-dealkylation sites (tertiary alicyclic amines) is 1. The molecule has 4 atom stereocenters. The minimum Gasteiger partial charge on any atom is -0.468 e. The van der Waals surface area contributed by atoms with E-state index in [2.05, 4.69) is 5.32 Å². The van der Waals surface area contributed by atoms with E-state index in [1.807, 2.05) is 31.2 Å². The third-order valence-corrected chi connectivity index (χ3v) is 5.14. The number of esters is 1. The molecule has 2 aliphatic rings. The van der Waals surface area contributed by atoms with Crippen LogP contribution < -0.4 is 5.32 Å². The summed E-state index contributed by atoms with van der Waals surface area (Å²) < 4.78 is 4.90. The smallest absolute Gasteiger partial charge is 0.326 e. The number of hydrogen-bond acceptors (Lipinski definition) is 5. The molecule has 0 radical (unpaired) electrons. The van der Waals surface area contributed by atoms with Gasteiger partial charge in [-0.05, 0) is 25.0 Å². The van der Waals surface area contributed by atoms with Gasteiger partial charge in [-0.2, -0.15) is 0 Å². The molecular formula is C17H20N2O4. The average molecular weight is 316 g/mol. The first-order chi connectivity index (χ1) is 10.8. The number of ether oxygens (including phenoxy) is 1. The molecule has 1 aromatic rings. The Morgan fingerprint density at radius 3 is 2.52 bits per heavy atom. The molecule has 122 valence electrons. The van der Waals surface area contributed by atoms with E-state index >= 15 is 0 Å². The van der Waals surface area contributed by atoms with E-state index in [4.69, 9.17) is 4.74 Å². The van der Waals surface area contributed by atoms with Crippen LogP contribution >= 0.6 is 0 Å². The average Bonchev–Trinajstić information content (AvgIpc) is 2.97. The van der Waals surface area contributed by atoms with Crippen molar-refractivity contribution in [3.05, 3.63) is 35.4 Å². The van der Waals surface area contributed by atoms with Crippen LogP contribution in [0.25, 0.3) is 0 Å². The highest BCUT2D eigenvalue weighted by atomic mass is 16.5. The third-order valence-electron chi connectivity index (χ3n) is 5.14. The second kappa shape index (κ2) is 5.16. The zero-order chi connectivity index (χ0) is 16.9. The lowest BCUT2D eigenvalue weighted by Crippen LogP contribution is -2.53. The number of carbonyl (C=O) groups is 3. The minimum absolute atomic E-state index is 0.256. The second-order valence-electron chi connectivity index (χ2n) is 6.41. The molecule has 1 aromatic carbocycles. The summed E-state index contributed by atoms with van der Waals surface area (Å²) in [5.41, 5.74) is 0.711. The molecule has 0 saturated carbocycles. The van der Waals surface area contributed by atoms with Crippen molar-refractivity contribution in [3.8, 4) is 0 Å². The first kappa shape index (κ1) is 15.7. The van der Waals surface area contributed by atoms with Gasteiger partial charge in [0.2, 0.25) is 11.8 Å². The van der Waals surface area contributed by atoms with Gasteiger partial charge in [-0.3, -0.25) is 24.6 Å². The number of methoxy groups -OCH3 is 1. The van der Waals surface area contributed by atoms with E-state index in [0.29, 0.717) is 0 Å². The highest BCUT2D eigenvalue weighted by Crippen LogP contribution is 2.49. The highest BCUT2D eigenvalue weighted by Gasteiger charge is 2.66. The number of nitrogens with zero attached hydrogens (tertiary/aromatic N) is 1. The van der Waals surface area contributed by atoms with Crippen molar-refractivity contribution in [3.63, 3.8) is 0 Å². The predicted octanol–water partition coefficient (Wildman–Crippen LogP) is 0.802. The van der Waals surface area contributed by atoms with Gasteiger partial charge in [-0.15, -0.1) is 0 Å². The summed E-state index contributed by atoms with van der Waals surface area (Å²) in [4.78, 5) is 38.6. The van der Waals surface area contributed by atoms with Crippen LogP contribution in [0.2, 0.25) is 0 Å². The molecule has 2 aliphatic heterocycles. The standard InChI is InChI=1S/C17H20N2O4/c1-9-7-5-6-8-10(9)13-11-12(15(21)19(3)14(11)20)17(2,18-13)16(22)23-4/h5-8,11-13,18H,1-4H3/t11-,12+,13+,17+/m0/s1. The second-order valence-corrected chi connectivity index (χ2v) is 6.41. The number of rotatable bonds is 2. The fraction of sp³-hybridized carbons (Fsp3) is 0.471. The van der Waals surface area contributed by atoms with Crippen molar-refractivity contribution in [1.82, 2.24) is 10.2 Å². The van der Waals surface area contributed by atoms with Crippen LogP contribution in [0.5, 0.6) is 0 Å². The molecule has 2 amide bonds. The van der Waals surface area contributed by atoms with Crippen LogP contribution in [0, 0.1) is 18.8 Å². The minimum atomic E-state index is -1.22. The van der Waals surface area contributed by atoms with Gasteiger partial charge in [0.1, 0.15) is 5.54 Å². The molecule has 6 nitrogen and oxygen atoms in total. The summed E-state index contributed by atoms with van der Waals surface area (Å²) in [6.07, 6.45) is 0. The topological polar surface area (TPSA) is 75.7 Å². The Labute approximate surface area is 134 Å². The Kier molecular flexibility index (Phi) is 3.52. The number of imide groups is 1. The normalized spacial score (nSPS) is 33.0. The predicted molar refractivity (Wildman–Crippen MR) is 82.2 cm³/mol. The number of hydrogen-bond donors (Lipinski definition) is 1. The summed E-state index contributed by atoms with van der Waals surface area (Å²) in [6.45, 7) is 3.59. The van der Waals surface area contributed by atoms with Crippen LogP contribution in [0.1, 0.15) is 24.1 Å². The van der Waals surface area contributed by atoms with Crippen LogP contribution in [0.15, 0.2) is 24.3 Å². The quantitative estimate of drug-likeness (QED) is 0.645. The Balaban J connectivity index is 2.14. The van der Waals surface area contributed by atoms with Crippen LogP contribution in [0.4, 0.5) is 0 Å². The SMILES string of the molecule is COC(=O)[C@]1(C)N[C@H](c2ccccc2C)[C@H]2C(=O)N(C)C(=O)[C@@H]21. The van der Waals surface area contributed by atoms with Crippen molar-refractivity contribution in [2.45, 2.75) is 25.4 Å². The number of aryl methyl sites for hydroxylation is 1. The first-order valence-electron chi connectivity index (χ1n) is 7.56. The lowest BCUT2D eigenvalue weighted by molar-refractivity contribution is -0.152. The Morgan fingerprint density at radius 2 is 1.91 bits per heavy atom. The molecule has 2 fully saturated rings. The van der Waals surface area contributed by atoms with E-state index in [1.165, 1.54) is 14.2 Å². The van der Waals surface area contributed by atoms with Gasteiger partial charge in [0.25, 0.3) is 0 Å². The molecule has 6 heteroatoms. The number of benzene rings is 1. The summed E-state index contributed by atoms with van der Waals surface area (Å²) in [7, 11) is 2.76. The Morgan fingerprint density at radius 1 is 1.26 bits per heavy atom. The van der Waals surface area contributed by atoms with Crippen LogP contribution in [-0.2, 0) is 19.1 Å². The van der Waals surface area contributed by atoms with Gasteiger partial charge in [-0.25, -0.2) is 0 Å². The van der Waals surface area contributed by atoms with Crippen LogP contribution in [-0.4, -0.2) is 42.4 Å². The van der Waals surface area contributed by atoms with Crippen molar-refractivity contribution in [2.24, 2.45) is 11.8 Å². The summed E-state index contributed by atoms with van der Waals surface area (Å²) in [5, 5.41) is 3.22. The van der Waals surface area contributed by atoms with Crippen molar-refractivity contribution < 1.29 is 19.1 Å². The molecule has 0 spiro atoms. The number of amides is 2. The van der Waals surface area contributed by atoms with Crippen LogP contribution in [0.3, 0.4) is 0 Å². The molecule has 2 heterocycles. The maximum absolute atomic E-state index is 12.6. The molecule has 3 rings (SSSR count). The number of nitrogens with one attached hydrogen (secondary N) is 1. The van der Waals surface area contributed by atoms with E-state index in [1.54, 1.807) is 6.92 Å². The van der Waals surface area contributed by atoms with Gasteiger partial charge in [0, 0.05) is 13.1 Å². The van der Waals surface area contributed by atoms with Gasteiger partial charge in [-0.1, -0.05) is 24.3 Å². The van der Waals surface area contributed by atoms with Gasteiger partial charge in [0.15, 0.2) is 0 Å². The Bertz CT molecular complexity index is 702. The summed E-state index contributed by atoms with van der Waals surface area (Å²) >= 11 is 0. The molecule has 0 aliphatic carbocycles. The Hall–Kier alpha value is -2.21. The van der Waals surface area contributed by atoms with Crippen molar-refractivity contribution in [2.75, 3.05) is 14.2 Å². The molecular weight excluding hydrogens is 296 g/mol. The third kappa shape index (κ3) is 2.01. The van der Waals surface area contributed by atoms with Gasteiger partial charge < -0.3 is 4.74 Å².